The quantitative estimate of drug-likeness (QED) is 0.723. The van der Waals surface area contributed by atoms with E-state index < -0.39 is 5.97 Å². The zero-order valence-corrected chi connectivity index (χ0v) is 7.13. The van der Waals surface area contributed by atoms with Crippen LogP contribution in [0, 0.1) is 0 Å². The first-order chi connectivity index (χ1) is 5.74. The predicted octanol–water partition coefficient (Wildman–Crippen LogP) is 1.58. The van der Waals surface area contributed by atoms with Crippen LogP contribution in [-0.2, 0) is 11.2 Å². The van der Waals surface area contributed by atoms with Gasteiger partial charge in [-0.3, -0.25) is 0 Å². The molecule has 0 fully saturated rings. The molecule has 0 aliphatic rings. The molecule has 4 heteroatoms. The van der Waals surface area contributed by atoms with Crippen molar-refractivity contribution in [2.75, 3.05) is 0 Å². The highest BCUT2D eigenvalue weighted by Gasteiger charge is 2.05. The van der Waals surface area contributed by atoms with Crippen LogP contribution in [0.4, 0.5) is 0 Å². The lowest BCUT2D eigenvalue weighted by Gasteiger charge is -1.87. The van der Waals surface area contributed by atoms with E-state index in [-0.39, 0.29) is 0 Å². The molecule has 0 unspecified atom stereocenters. The summed E-state index contributed by atoms with van der Waals surface area (Å²) in [5.74, 6) is -0.905. The number of carbonyl (C=O) groups excluding carboxylic acids is 1. The van der Waals surface area contributed by atoms with Gasteiger partial charge in [-0.1, -0.05) is 0 Å². The number of hydrogen-bond acceptors (Lipinski definition) is 3. The fourth-order valence-electron chi connectivity index (χ4n) is 0.828. The van der Waals surface area contributed by atoms with Gasteiger partial charge >= 0.3 is 5.97 Å². The van der Waals surface area contributed by atoms with E-state index in [9.17, 15) is 9.59 Å². The molecule has 1 aromatic heterocycles. The third-order valence-electron chi connectivity index (χ3n) is 1.38. The highest BCUT2D eigenvalue weighted by molar-refractivity contribution is 7.13. The van der Waals surface area contributed by atoms with Gasteiger partial charge < -0.3 is 9.90 Å². The summed E-state index contributed by atoms with van der Waals surface area (Å²) in [7, 11) is 0. The second kappa shape index (κ2) is 4.01. The molecule has 1 heterocycles. The van der Waals surface area contributed by atoms with Crippen LogP contribution >= 0.6 is 11.3 Å². The number of thiophene rings is 1. The number of carbonyl (C=O) groups is 2. The summed E-state index contributed by atoms with van der Waals surface area (Å²) in [6.45, 7) is 0. The summed E-state index contributed by atoms with van der Waals surface area (Å²) in [6.07, 6.45) is 1.93. The van der Waals surface area contributed by atoms with E-state index in [1.54, 1.807) is 12.1 Å². The molecule has 0 atom stereocenters. The molecule has 64 valence electrons. The third-order valence-corrected chi connectivity index (χ3v) is 2.51. The average Bonchev–Trinajstić information content (AvgIpc) is 2.48. The monoisotopic (exact) mass is 184 g/mol. The molecule has 0 saturated carbocycles. The fraction of sp³-hybridized carbons (Fsp3) is 0.250. The summed E-state index contributed by atoms with van der Waals surface area (Å²) < 4.78 is 0. The maximum absolute atomic E-state index is 10.4. The smallest absolute Gasteiger partial charge is 0.345 e. The van der Waals surface area contributed by atoms with Gasteiger partial charge in [-0.05, 0) is 18.6 Å². The lowest BCUT2D eigenvalue weighted by molar-refractivity contribution is -0.107. The van der Waals surface area contributed by atoms with E-state index in [0.29, 0.717) is 17.7 Å². The molecule has 12 heavy (non-hydrogen) atoms. The zero-order chi connectivity index (χ0) is 8.97. The van der Waals surface area contributed by atoms with Gasteiger partial charge in [-0.25, -0.2) is 4.79 Å². The number of hydrogen-bond donors (Lipinski definition) is 1. The normalized spacial score (nSPS) is 9.67. The predicted molar refractivity (Wildman–Crippen MR) is 45.7 cm³/mol. The topological polar surface area (TPSA) is 54.4 Å². The van der Waals surface area contributed by atoms with E-state index in [4.69, 9.17) is 5.11 Å². The minimum atomic E-state index is -0.905. The Kier molecular flexibility index (Phi) is 2.99. The largest absolute Gasteiger partial charge is 0.477 e. The number of aryl methyl sites for hydroxylation is 1. The van der Waals surface area contributed by atoms with Crippen LogP contribution < -0.4 is 0 Å². The first-order valence-electron chi connectivity index (χ1n) is 3.49. The van der Waals surface area contributed by atoms with Crippen molar-refractivity contribution in [2.24, 2.45) is 0 Å². The van der Waals surface area contributed by atoms with Crippen molar-refractivity contribution in [3.05, 3.63) is 21.9 Å². The van der Waals surface area contributed by atoms with Gasteiger partial charge in [0.25, 0.3) is 0 Å². The molecule has 0 bridgehead atoms. The molecule has 1 N–H and O–H groups in total. The standard InChI is InChI=1S/C8H8O3S/c9-5-1-2-6-3-4-7(12-6)8(10)11/h3-5H,1-2H2,(H,10,11). The van der Waals surface area contributed by atoms with Crippen LogP contribution in [0.15, 0.2) is 12.1 Å². The van der Waals surface area contributed by atoms with E-state index >= 15 is 0 Å². The minimum absolute atomic E-state index is 0.330. The number of carboxylic acid groups (broad SMARTS) is 1. The van der Waals surface area contributed by atoms with Gasteiger partial charge in [0, 0.05) is 11.3 Å². The Bertz CT molecular complexity index is 290. The molecule has 0 saturated heterocycles. The van der Waals surface area contributed by atoms with E-state index in [1.165, 1.54) is 11.3 Å². The molecule has 0 spiro atoms. The molecular formula is C8H8O3S. The fourth-order valence-corrected chi connectivity index (χ4v) is 1.69. The number of aromatic carboxylic acids is 1. The van der Waals surface area contributed by atoms with E-state index in [1.807, 2.05) is 0 Å². The lowest BCUT2D eigenvalue weighted by Crippen LogP contribution is -1.89. The van der Waals surface area contributed by atoms with E-state index in [2.05, 4.69) is 0 Å². The highest BCUT2D eigenvalue weighted by atomic mass is 32.1. The Morgan fingerprint density at radius 3 is 2.83 bits per heavy atom. The minimum Gasteiger partial charge on any atom is -0.477 e. The Labute approximate surface area is 73.6 Å². The molecule has 0 aromatic carbocycles. The van der Waals surface area contributed by atoms with Gasteiger partial charge in [0.1, 0.15) is 11.2 Å². The van der Waals surface area contributed by atoms with Crippen LogP contribution in [-0.4, -0.2) is 17.4 Å². The molecule has 0 aliphatic heterocycles. The van der Waals surface area contributed by atoms with Crippen molar-refractivity contribution in [1.82, 2.24) is 0 Å². The number of carboxylic acids is 1. The van der Waals surface area contributed by atoms with Crippen LogP contribution in [0.25, 0.3) is 0 Å². The number of aldehydes is 1. The summed E-state index contributed by atoms with van der Waals surface area (Å²) in [6, 6.07) is 3.31. The first kappa shape index (κ1) is 8.93. The molecule has 0 aliphatic carbocycles. The Balaban J connectivity index is 2.64. The van der Waals surface area contributed by atoms with Crippen molar-refractivity contribution in [2.45, 2.75) is 12.8 Å². The van der Waals surface area contributed by atoms with Gasteiger partial charge in [0.15, 0.2) is 0 Å². The molecule has 1 aromatic rings. The van der Waals surface area contributed by atoms with Gasteiger partial charge in [0.2, 0.25) is 0 Å². The molecule has 3 nitrogen and oxygen atoms in total. The van der Waals surface area contributed by atoms with Crippen molar-refractivity contribution >= 4 is 23.6 Å². The van der Waals surface area contributed by atoms with Crippen LogP contribution in [0.2, 0.25) is 0 Å². The number of rotatable bonds is 4. The van der Waals surface area contributed by atoms with Crippen LogP contribution in [0.5, 0.6) is 0 Å². The van der Waals surface area contributed by atoms with Crippen molar-refractivity contribution < 1.29 is 14.7 Å². The highest BCUT2D eigenvalue weighted by Crippen LogP contribution is 2.17. The summed E-state index contributed by atoms with van der Waals surface area (Å²) in [4.78, 5) is 21.7. The second-order valence-corrected chi connectivity index (χ2v) is 3.44. The summed E-state index contributed by atoms with van der Waals surface area (Å²) >= 11 is 1.22. The van der Waals surface area contributed by atoms with Crippen molar-refractivity contribution in [3.8, 4) is 0 Å². The van der Waals surface area contributed by atoms with Crippen LogP contribution in [0.3, 0.4) is 0 Å². The summed E-state index contributed by atoms with van der Waals surface area (Å²) in [5, 5.41) is 8.56. The molecule has 1 rings (SSSR count). The average molecular weight is 184 g/mol. The van der Waals surface area contributed by atoms with Gasteiger partial charge in [-0.2, -0.15) is 0 Å². The maximum atomic E-state index is 10.4. The SMILES string of the molecule is O=CCCc1ccc(C(=O)O)s1. The Hall–Kier alpha value is -1.16. The Morgan fingerprint density at radius 2 is 2.33 bits per heavy atom. The van der Waals surface area contributed by atoms with Gasteiger partial charge in [-0.15, -0.1) is 11.3 Å². The molecule has 0 radical (unpaired) electrons. The molecule has 0 amide bonds. The summed E-state index contributed by atoms with van der Waals surface area (Å²) in [5.41, 5.74) is 0. The second-order valence-electron chi connectivity index (χ2n) is 2.28. The van der Waals surface area contributed by atoms with Crippen molar-refractivity contribution in [3.63, 3.8) is 0 Å². The lowest BCUT2D eigenvalue weighted by atomic mass is 10.3. The Morgan fingerprint density at radius 1 is 1.58 bits per heavy atom. The van der Waals surface area contributed by atoms with Gasteiger partial charge in [0.05, 0.1) is 0 Å². The van der Waals surface area contributed by atoms with Crippen molar-refractivity contribution in [1.29, 1.82) is 0 Å². The maximum Gasteiger partial charge on any atom is 0.345 e. The zero-order valence-electron chi connectivity index (χ0n) is 6.32. The first-order valence-corrected chi connectivity index (χ1v) is 4.31. The van der Waals surface area contributed by atoms with E-state index in [0.717, 1.165) is 11.2 Å². The molecular weight excluding hydrogens is 176 g/mol. The van der Waals surface area contributed by atoms with Crippen LogP contribution in [0.1, 0.15) is 21.0 Å². The third kappa shape index (κ3) is 2.17.